The molecule has 100 valence electrons. The molecule has 0 unspecified atom stereocenters. The summed E-state index contributed by atoms with van der Waals surface area (Å²) in [5.74, 6) is 1.76. The van der Waals surface area contributed by atoms with Gasteiger partial charge in [0, 0.05) is 12.1 Å². The molecule has 3 nitrogen and oxygen atoms in total. The highest BCUT2D eigenvalue weighted by Gasteiger charge is 1.97. The van der Waals surface area contributed by atoms with E-state index in [1.54, 1.807) is 0 Å². The van der Waals surface area contributed by atoms with Gasteiger partial charge < -0.3 is 15.2 Å². The first-order valence-corrected chi connectivity index (χ1v) is 6.48. The first-order valence-electron chi connectivity index (χ1n) is 6.48. The molecular formula is C16H19NO2. The lowest BCUT2D eigenvalue weighted by Gasteiger charge is -2.07. The Morgan fingerprint density at radius 2 is 1.42 bits per heavy atom. The first kappa shape index (κ1) is 13.3. The zero-order chi connectivity index (χ0) is 13.5. The number of hydrogen-bond acceptors (Lipinski definition) is 3. The largest absolute Gasteiger partial charge is 0.494 e. The summed E-state index contributed by atoms with van der Waals surface area (Å²) < 4.78 is 11.1. The molecule has 2 aromatic carbocycles. The summed E-state index contributed by atoms with van der Waals surface area (Å²) in [7, 11) is 0. The summed E-state index contributed by atoms with van der Waals surface area (Å²) >= 11 is 0. The molecule has 19 heavy (non-hydrogen) atoms. The van der Waals surface area contributed by atoms with Crippen molar-refractivity contribution < 1.29 is 9.47 Å². The molecule has 0 aromatic heterocycles. The Bertz CT molecular complexity index is 491. The van der Waals surface area contributed by atoms with Gasteiger partial charge >= 0.3 is 0 Å². The van der Waals surface area contributed by atoms with Crippen molar-refractivity contribution in [1.29, 1.82) is 0 Å². The third-order valence-corrected chi connectivity index (χ3v) is 2.77. The van der Waals surface area contributed by atoms with Gasteiger partial charge in [-0.2, -0.15) is 0 Å². The molecule has 0 bridgehead atoms. The maximum Gasteiger partial charge on any atom is 0.119 e. The van der Waals surface area contributed by atoms with Crippen molar-refractivity contribution in [3.63, 3.8) is 0 Å². The highest BCUT2D eigenvalue weighted by atomic mass is 16.5. The van der Waals surface area contributed by atoms with Crippen LogP contribution >= 0.6 is 0 Å². The van der Waals surface area contributed by atoms with E-state index in [2.05, 4.69) is 12.1 Å². The van der Waals surface area contributed by atoms with Gasteiger partial charge in [-0.1, -0.05) is 12.1 Å². The molecule has 0 fully saturated rings. The quantitative estimate of drug-likeness (QED) is 0.808. The van der Waals surface area contributed by atoms with Crippen LogP contribution in [0, 0.1) is 0 Å². The monoisotopic (exact) mass is 257 g/mol. The molecule has 2 rings (SSSR count). The minimum Gasteiger partial charge on any atom is -0.494 e. The van der Waals surface area contributed by atoms with E-state index in [-0.39, 0.29) is 0 Å². The van der Waals surface area contributed by atoms with Crippen LogP contribution in [0.3, 0.4) is 0 Å². The second-order valence-corrected chi connectivity index (χ2v) is 4.24. The fourth-order valence-electron chi connectivity index (χ4n) is 1.77. The fourth-order valence-corrected chi connectivity index (χ4v) is 1.77. The van der Waals surface area contributed by atoms with E-state index in [4.69, 9.17) is 15.2 Å². The van der Waals surface area contributed by atoms with Crippen LogP contribution in [0.1, 0.15) is 12.5 Å². The normalized spacial score (nSPS) is 10.2. The standard InChI is InChI=1S/C16H19NO2/c1-2-18-15-7-3-13(4-8-15)11-12-19-16-9-5-14(17)6-10-16/h3-10H,2,11-12,17H2,1H3. The molecule has 0 heterocycles. The van der Waals surface area contributed by atoms with Crippen LogP contribution in [0.5, 0.6) is 11.5 Å². The van der Waals surface area contributed by atoms with E-state index in [0.29, 0.717) is 13.2 Å². The van der Waals surface area contributed by atoms with E-state index in [9.17, 15) is 0 Å². The minimum atomic E-state index is 0.651. The van der Waals surface area contributed by atoms with Crippen molar-refractivity contribution in [1.82, 2.24) is 0 Å². The molecule has 0 atom stereocenters. The molecule has 0 saturated carbocycles. The van der Waals surface area contributed by atoms with E-state index in [0.717, 1.165) is 23.6 Å². The molecule has 0 spiro atoms. The van der Waals surface area contributed by atoms with Crippen LogP contribution in [-0.4, -0.2) is 13.2 Å². The van der Waals surface area contributed by atoms with Gasteiger partial charge in [-0.25, -0.2) is 0 Å². The number of rotatable bonds is 6. The molecule has 2 N–H and O–H groups in total. The van der Waals surface area contributed by atoms with Gasteiger partial charge in [0.2, 0.25) is 0 Å². The van der Waals surface area contributed by atoms with Crippen LogP contribution in [-0.2, 0) is 6.42 Å². The van der Waals surface area contributed by atoms with Crippen LogP contribution in [0.25, 0.3) is 0 Å². The Morgan fingerprint density at radius 1 is 0.842 bits per heavy atom. The van der Waals surface area contributed by atoms with Gasteiger partial charge in [-0.15, -0.1) is 0 Å². The van der Waals surface area contributed by atoms with E-state index >= 15 is 0 Å². The van der Waals surface area contributed by atoms with Gasteiger partial charge in [-0.3, -0.25) is 0 Å². The van der Waals surface area contributed by atoms with Gasteiger partial charge in [-0.05, 0) is 48.9 Å². The maximum atomic E-state index is 5.66. The van der Waals surface area contributed by atoms with E-state index < -0.39 is 0 Å². The lowest BCUT2D eigenvalue weighted by molar-refractivity contribution is 0.321. The van der Waals surface area contributed by atoms with Crippen molar-refractivity contribution in [2.45, 2.75) is 13.3 Å². The lowest BCUT2D eigenvalue weighted by atomic mass is 10.1. The van der Waals surface area contributed by atoms with E-state index in [1.165, 1.54) is 5.56 Å². The summed E-state index contributed by atoms with van der Waals surface area (Å²) in [5.41, 5.74) is 7.60. The number of hydrogen-bond donors (Lipinski definition) is 1. The SMILES string of the molecule is CCOc1ccc(CCOc2ccc(N)cc2)cc1. The van der Waals surface area contributed by atoms with Crippen LogP contribution in [0.15, 0.2) is 48.5 Å². The maximum absolute atomic E-state index is 5.66. The number of benzene rings is 2. The predicted molar refractivity (Wildman–Crippen MR) is 77.7 cm³/mol. The number of ether oxygens (including phenoxy) is 2. The van der Waals surface area contributed by atoms with Crippen LogP contribution < -0.4 is 15.2 Å². The summed E-state index contributed by atoms with van der Waals surface area (Å²) in [6.45, 7) is 3.33. The number of anilines is 1. The van der Waals surface area contributed by atoms with Gasteiger partial charge in [0.1, 0.15) is 11.5 Å². The average Bonchev–Trinajstić information content (AvgIpc) is 2.43. The van der Waals surface area contributed by atoms with Gasteiger partial charge in [0.15, 0.2) is 0 Å². The van der Waals surface area contributed by atoms with Crippen molar-refractivity contribution in [3.8, 4) is 11.5 Å². The van der Waals surface area contributed by atoms with Gasteiger partial charge in [0.25, 0.3) is 0 Å². The second kappa shape index (κ2) is 6.69. The Hall–Kier alpha value is -2.16. The first-order chi connectivity index (χ1) is 9.28. The molecule has 0 aliphatic rings. The van der Waals surface area contributed by atoms with Crippen molar-refractivity contribution in [2.75, 3.05) is 18.9 Å². The van der Waals surface area contributed by atoms with Crippen molar-refractivity contribution >= 4 is 5.69 Å². The second-order valence-electron chi connectivity index (χ2n) is 4.24. The molecule has 0 amide bonds. The summed E-state index contributed by atoms with van der Waals surface area (Å²) in [6, 6.07) is 15.6. The lowest BCUT2D eigenvalue weighted by Crippen LogP contribution is -2.01. The van der Waals surface area contributed by atoms with Crippen LogP contribution in [0.2, 0.25) is 0 Å². The Balaban J connectivity index is 1.80. The van der Waals surface area contributed by atoms with Crippen molar-refractivity contribution in [2.24, 2.45) is 0 Å². The number of nitrogen functional groups attached to an aromatic ring is 1. The fraction of sp³-hybridized carbons (Fsp3) is 0.250. The molecule has 3 heteroatoms. The predicted octanol–water partition coefficient (Wildman–Crippen LogP) is 3.29. The molecular weight excluding hydrogens is 238 g/mol. The summed E-state index contributed by atoms with van der Waals surface area (Å²) in [6.07, 6.45) is 0.872. The Morgan fingerprint density at radius 3 is 2.05 bits per heavy atom. The minimum absolute atomic E-state index is 0.651. The molecule has 0 aliphatic heterocycles. The smallest absolute Gasteiger partial charge is 0.119 e. The summed E-state index contributed by atoms with van der Waals surface area (Å²) in [5, 5.41) is 0. The van der Waals surface area contributed by atoms with Crippen LogP contribution in [0.4, 0.5) is 5.69 Å². The highest BCUT2D eigenvalue weighted by Crippen LogP contribution is 2.15. The molecule has 2 aromatic rings. The van der Waals surface area contributed by atoms with E-state index in [1.807, 2.05) is 43.3 Å². The zero-order valence-electron chi connectivity index (χ0n) is 11.1. The third kappa shape index (κ3) is 4.21. The van der Waals surface area contributed by atoms with Crippen molar-refractivity contribution in [3.05, 3.63) is 54.1 Å². The Labute approximate surface area is 114 Å². The molecule has 0 aliphatic carbocycles. The topological polar surface area (TPSA) is 44.5 Å². The third-order valence-electron chi connectivity index (χ3n) is 2.77. The van der Waals surface area contributed by atoms with Gasteiger partial charge in [0.05, 0.1) is 13.2 Å². The summed E-state index contributed by atoms with van der Waals surface area (Å²) in [4.78, 5) is 0. The molecule has 0 radical (unpaired) electrons. The molecule has 0 saturated heterocycles. The number of nitrogens with two attached hydrogens (primary N) is 1. The Kier molecular flexibility index (Phi) is 4.67. The average molecular weight is 257 g/mol. The zero-order valence-corrected chi connectivity index (χ0v) is 11.1. The highest BCUT2D eigenvalue weighted by molar-refractivity contribution is 5.41.